The first-order valence-electron chi connectivity index (χ1n) is 19.7. The van der Waals surface area contributed by atoms with E-state index in [-0.39, 0.29) is 0 Å². The summed E-state index contributed by atoms with van der Waals surface area (Å²) in [5.74, 6) is 0.681. The molecule has 59 heavy (non-hydrogen) atoms. The first-order chi connectivity index (χ1) is 29.2. The first kappa shape index (κ1) is 34.1. The average molecular weight is 752 g/mol. The van der Waals surface area contributed by atoms with Crippen LogP contribution in [0.1, 0.15) is 0 Å². The van der Waals surface area contributed by atoms with E-state index in [1.165, 1.54) is 5.56 Å². The molecule has 4 heteroatoms. The predicted octanol–water partition coefficient (Wildman–Crippen LogP) is 15.2. The van der Waals surface area contributed by atoms with Crippen molar-refractivity contribution in [1.82, 2.24) is 9.97 Å². The molecule has 0 saturated heterocycles. The molecule has 4 nitrogen and oxygen atoms in total. The Morgan fingerprint density at radius 3 is 1.66 bits per heavy atom. The molecule has 0 saturated carbocycles. The van der Waals surface area contributed by atoms with E-state index in [0.29, 0.717) is 11.5 Å². The molecule has 9 aromatic carbocycles. The second-order valence-corrected chi connectivity index (χ2v) is 14.8. The molecule has 11 aromatic rings. The largest absolute Gasteiger partial charge is 0.455 e. The average Bonchev–Trinajstić information content (AvgIpc) is 3.69. The standard InChI is InChI=1S/C55H33N3O/c1-56-41-29-26-37(27-30-41)48-33-50-49-32-40(28-31-53(49)59-54(50)47-17-9-8-16-45(47)48)42-18-10-20-44-43(42)19-11-21-46(44)52-34-51(38-14-6-3-7-15-38)57-55(58-52)39-24-22-36(23-25-39)35-12-4-2-5-13-35/h2-34H. The minimum absolute atomic E-state index is 0.626. The molecule has 0 aliphatic carbocycles. The van der Waals surface area contributed by atoms with E-state index in [9.17, 15) is 0 Å². The highest BCUT2D eigenvalue weighted by Gasteiger charge is 2.18. The number of hydrogen-bond donors (Lipinski definition) is 0. The molecule has 0 unspecified atom stereocenters. The number of hydrogen-bond acceptors (Lipinski definition) is 3. The van der Waals surface area contributed by atoms with Gasteiger partial charge in [-0.2, -0.15) is 0 Å². The second-order valence-electron chi connectivity index (χ2n) is 14.8. The predicted molar refractivity (Wildman–Crippen MR) is 243 cm³/mol. The highest BCUT2D eigenvalue weighted by atomic mass is 16.3. The van der Waals surface area contributed by atoms with Crippen LogP contribution in [0.2, 0.25) is 0 Å². The number of benzene rings is 9. The fraction of sp³-hybridized carbons (Fsp3) is 0. The van der Waals surface area contributed by atoms with Gasteiger partial charge in [0, 0.05) is 32.8 Å². The Bertz CT molecular complexity index is 3420. The van der Waals surface area contributed by atoms with Crippen molar-refractivity contribution in [3.05, 3.63) is 212 Å². The fourth-order valence-corrected chi connectivity index (χ4v) is 8.42. The second kappa shape index (κ2) is 14.1. The molecule has 0 aliphatic rings. The topological polar surface area (TPSA) is 43.3 Å². The molecule has 0 fully saturated rings. The van der Waals surface area contributed by atoms with E-state index in [1.807, 2.05) is 48.5 Å². The zero-order valence-electron chi connectivity index (χ0n) is 31.8. The first-order valence-corrected chi connectivity index (χ1v) is 19.7. The van der Waals surface area contributed by atoms with E-state index in [2.05, 4.69) is 157 Å². The van der Waals surface area contributed by atoms with Gasteiger partial charge in [0.1, 0.15) is 11.2 Å². The Balaban J connectivity index is 1.05. The minimum Gasteiger partial charge on any atom is -0.455 e. The minimum atomic E-state index is 0.626. The normalized spacial score (nSPS) is 11.4. The molecule has 11 rings (SSSR count). The Morgan fingerprint density at radius 1 is 0.356 bits per heavy atom. The molecule has 0 bridgehead atoms. The quantitative estimate of drug-likeness (QED) is 0.159. The molecule has 2 heterocycles. The lowest BCUT2D eigenvalue weighted by Gasteiger charge is -2.13. The summed E-state index contributed by atoms with van der Waals surface area (Å²) in [5, 5.41) is 6.54. The van der Waals surface area contributed by atoms with Crippen molar-refractivity contribution in [1.29, 1.82) is 0 Å². The van der Waals surface area contributed by atoms with Crippen molar-refractivity contribution >= 4 is 49.2 Å². The summed E-state index contributed by atoms with van der Waals surface area (Å²) < 4.78 is 6.62. The lowest BCUT2D eigenvalue weighted by atomic mass is 9.92. The summed E-state index contributed by atoms with van der Waals surface area (Å²) in [6, 6.07) is 69.4. The summed E-state index contributed by atoms with van der Waals surface area (Å²) in [4.78, 5) is 14.0. The van der Waals surface area contributed by atoms with E-state index >= 15 is 0 Å². The van der Waals surface area contributed by atoms with Gasteiger partial charge in [0.2, 0.25) is 0 Å². The zero-order valence-corrected chi connectivity index (χ0v) is 31.8. The maximum atomic E-state index is 7.44. The maximum absolute atomic E-state index is 7.44. The van der Waals surface area contributed by atoms with Crippen molar-refractivity contribution in [2.75, 3.05) is 0 Å². The summed E-state index contributed by atoms with van der Waals surface area (Å²) >= 11 is 0. The number of aromatic nitrogens is 2. The smallest absolute Gasteiger partial charge is 0.187 e. The van der Waals surface area contributed by atoms with Gasteiger partial charge in [-0.3, -0.25) is 0 Å². The molecule has 0 atom stereocenters. The van der Waals surface area contributed by atoms with Gasteiger partial charge in [0.05, 0.1) is 18.0 Å². The molecule has 0 spiro atoms. The van der Waals surface area contributed by atoms with Crippen LogP contribution in [0.5, 0.6) is 0 Å². The lowest BCUT2D eigenvalue weighted by Crippen LogP contribution is -1.96. The van der Waals surface area contributed by atoms with Gasteiger partial charge in [-0.25, -0.2) is 14.8 Å². The summed E-state index contributed by atoms with van der Waals surface area (Å²) in [5.41, 5.74) is 13.9. The SMILES string of the molecule is [C-]#[N+]c1ccc(-c2cc3c4cc(-c5cccc6c(-c7cc(-c8ccccc8)nc(-c8ccc(-c9ccccc9)cc8)n7)cccc56)ccc4oc3c3ccccc23)cc1. The van der Waals surface area contributed by atoms with Crippen LogP contribution in [-0.2, 0) is 0 Å². The molecule has 2 aromatic heterocycles. The Kier molecular flexibility index (Phi) is 8.17. The van der Waals surface area contributed by atoms with Crippen molar-refractivity contribution in [3.8, 4) is 67.3 Å². The van der Waals surface area contributed by atoms with Crippen LogP contribution in [0.4, 0.5) is 5.69 Å². The molecule has 0 amide bonds. The Labute approximate surface area is 341 Å². The fourth-order valence-electron chi connectivity index (χ4n) is 8.42. The van der Waals surface area contributed by atoms with Crippen molar-refractivity contribution in [2.45, 2.75) is 0 Å². The van der Waals surface area contributed by atoms with Crippen LogP contribution in [0.3, 0.4) is 0 Å². The van der Waals surface area contributed by atoms with Gasteiger partial charge in [-0.15, -0.1) is 0 Å². The number of rotatable bonds is 6. The molecule has 0 aliphatic heterocycles. The number of fused-ring (bicyclic) bond motifs is 6. The lowest BCUT2D eigenvalue weighted by molar-refractivity contribution is 0.673. The van der Waals surface area contributed by atoms with Crippen LogP contribution >= 0.6 is 0 Å². The molecule has 0 N–H and O–H groups in total. The Morgan fingerprint density at radius 2 is 0.915 bits per heavy atom. The van der Waals surface area contributed by atoms with Crippen LogP contribution in [0.15, 0.2) is 205 Å². The van der Waals surface area contributed by atoms with Crippen molar-refractivity contribution < 1.29 is 4.42 Å². The third-order valence-corrected chi connectivity index (χ3v) is 11.3. The van der Waals surface area contributed by atoms with Gasteiger partial charge in [0.15, 0.2) is 11.5 Å². The summed E-state index contributed by atoms with van der Waals surface area (Å²) in [6.07, 6.45) is 0. The van der Waals surface area contributed by atoms with Gasteiger partial charge in [0.25, 0.3) is 0 Å². The van der Waals surface area contributed by atoms with Crippen LogP contribution in [-0.4, -0.2) is 9.97 Å². The Hall–Kier alpha value is -8.13. The highest BCUT2D eigenvalue weighted by molar-refractivity contribution is 6.20. The van der Waals surface area contributed by atoms with Crippen LogP contribution in [0, 0.1) is 6.57 Å². The molecule has 0 radical (unpaired) electrons. The molecular formula is C55H33N3O. The van der Waals surface area contributed by atoms with E-state index < -0.39 is 0 Å². The monoisotopic (exact) mass is 751 g/mol. The highest BCUT2D eigenvalue weighted by Crippen LogP contribution is 2.43. The van der Waals surface area contributed by atoms with E-state index in [1.54, 1.807) is 0 Å². The van der Waals surface area contributed by atoms with Gasteiger partial charge in [-0.05, 0) is 73.8 Å². The summed E-state index contributed by atoms with van der Waals surface area (Å²) in [6.45, 7) is 7.44. The molecule has 274 valence electrons. The summed E-state index contributed by atoms with van der Waals surface area (Å²) in [7, 11) is 0. The van der Waals surface area contributed by atoms with Crippen molar-refractivity contribution in [3.63, 3.8) is 0 Å². The number of furan rings is 1. The van der Waals surface area contributed by atoms with Gasteiger partial charge >= 0.3 is 0 Å². The zero-order chi connectivity index (χ0) is 39.3. The van der Waals surface area contributed by atoms with Crippen LogP contribution in [0.25, 0.3) is 116 Å². The molecular weight excluding hydrogens is 719 g/mol. The van der Waals surface area contributed by atoms with Gasteiger partial charge < -0.3 is 4.42 Å². The van der Waals surface area contributed by atoms with E-state index in [4.69, 9.17) is 21.0 Å². The third kappa shape index (κ3) is 6.01. The van der Waals surface area contributed by atoms with Gasteiger partial charge in [-0.1, -0.05) is 176 Å². The van der Waals surface area contributed by atoms with Crippen LogP contribution < -0.4 is 0 Å². The third-order valence-electron chi connectivity index (χ3n) is 11.3. The van der Waals surface area contributed by atoms with E-state index in [0.717, 1.165) is 99.4 Å². The van der Waals surface area contributed by atoms with Crippen molar-refractivity contribution in [2.24, 2.45) is 0 Å². The number of nitrogens with zero attached hydrogens (tertiary/aromatic N) is 3. The maximum Gasteiger partial charge on any atom is 0.187 e.